The van der Waals surface area contributed by atoms with E-state index < -0.39 is 5.66 Å². The number of hydrogen-bond donors (Lipinski definition) is 2. The van der Waals surface area contributed by atoms with Crippen LogP contribution in [-0.4, -0.2) is 5.66 Å². The molecule has 1 fully saturated rings. The van der Waals surface area contributed by atoms with Crippen molar-refractivity contribution in [3.8, 4) is 0 Å². The molecule has 0 unspecified atom stereocenters. The van der Waals surface area contributed by atoms with Gasteiger partial charge in [0.2, 0.25) is 0 Å². The first-order valence-electron chi connectivity index (χ1n) is 4.53. The predicted molar refractivity (Wildman–Crippen MR) is 48.0 cm³/mol. The zero-order valence-electron chi connectivity index (χ0n) is 7.69. The van der Waals surface area contributed by atoms with Crippen molar-refractivity contribution in [2.45, 2.75) is 51.6 Å². The Hall–Kier alpha value is -0.0800. The van der Waals surface area contributed by atoms with Gasteiger partial charge in [0.25, 0.3) is 0 Å². The van der Waals surface area contributed by atoms with Gasteiger partial charge in [-0.3, -0.25) is 0 Å². The highest BCUT2D eigenvalue weighted by molar-refractivity contribution is 4.93. The molecule has 1 saturated carbocycles. The highest BCUT2D eigenvalue weighted by Gasteiger charge is 2.39. The molecule has 66 valence electrons. The molecule has 1 rings (SSSR count). The first-order chi connectivity index (χ1) is 4.96. The van der Waals surface area contributed by atoms with E-state index in [1.165, 1.54) is 32.1 Å². The van der Waals surface area contributed by atoms with E-state index in [0.717, 1.165) is 0 Å². The summed E-state index contributed by atoms with van der Waals surface area (Å²) >= 11 is 0. The van der Waals surface area contributed by atoms with Crippen LogP contribution in [0.25, 0.3) is 0 Å². The number of rotatable bonds is 1. The van der Waals surface area contributed by atoms with Crippen LogP contribution in [0.4, 0.5) is 0 Å². The van der Waals surface area contributed by atoms with E-state index in [9.17, 15) is 0 Å². The summed E-state index contributed by atoms with van der Waals surface area (Å²) in [5.74, 6) is 0. The van der Waals surface area contributed by atoms with Crippen LogP contribution in [0.1, 0.15) is 46.0 Å². The van der Waals surface area contributed by atoms with Gasteiger partial charge >= 0.3 is 0 Å². The van der Waals surface area contributed by atoms with E-state index in [4.69, 9.17) is 11.5 Å². The van der Waals surface area contributed by atoms with Crippen molar-refractivity contribution in [1.29, 1.82) is 0 Å². The average molecular weight is 156 g/mol. The van der Waals surface area contributed by atoms with Crippen LogP contribution in [0.2, 0.25) is 0 Å². The van der Waals surface area contributed by atoms with E-state index in [0.29, 0.717) is 0 Å². The van der Waals surface area contributed by atoms with Gasteiger partial charge in [0.05, 0.1) is 5.66 Å². The van der Waals surface area contributed by atoms with Crippen molar-refractivity contribution in [1.82, 2.24) is 0 Å². The third kappa shape index (κ3) is 1.74. The van der Waals surface area contributed by atoms with Crippen molar-refractivity contribution in [2.24, 2.45) is 16.9 Å². The molecule has 0 aromatic heterocycles. The van der Waals surface area contributed by atoms with Gasteiger partial charge < -0.3 is 11.5 Å². The minimum atomic E-state index is -0.493. The van der Waals surface area contributed by atoms with E-state index in [2.05, 4.69) is 6.92 Å². The molecular formula is C9H20N2. The smallest absolute Gasteiger partial charge is 0.0662 e. The molecule has 0 atom stereocenters. The molecule has 0 amide bonds. The lowest BCUT2D eigenvalue weighted by Crippen LogP contribution is -2.59. The van der Waals surface area contributed by atoms with Gasteiger partial charge in [-0.05, 0) is 25.2 Å². The van der Waals surface area contributed by atoms with Gasteiger partial charge in [-0.25, -0.2) is 0 Å². The fourth-order valence-corrected chi connectivity index (χ4v) is 1.87. The molecule has 0 aromatic carbocycles. The first-order valence-corrected chi connectivity index (χ1v) is 4.53. The third-order valence-corrected chi connectivity index (χ3v) is 3.26. The van der Waals surface area contributed by atoms with Crippen molar-refractivity contribution in [3.63, 3.8) is 0 Å². The topological polar surface area (TPSA) is 52.0 Å². The van der Waals surface area contributed by atoms with Crippen LogP contribution in [0.5, 0.6) is 0 Å². The first kappa shape index (κ1) is 9.01. The lowest BCUT2D eigenvalue weighted by Gasteiger charge is -2.44. The molecule has 0 heterocycles. The van der Waals surface area contributed by atoms with Crippen molar-refractivity contribution < 1.29 is 0 Å². The second-order valence-electron chi connectivity index (χ2n) is 4.40. The fourth-order valence-electron chi connectivity index (χ4n) is 1.87. The van der Waals surface area contributed by atoms with E-state index in [1.54, 1.807) is 0 Å². The molecule has 0 saturated heterocycles. The lowest BCUT2D eigenvalue weighted by atomic mass is 9.68. The monoisotopic (exact) mass is 156 g/mol. The summed E-state index contributed by atoms with van der Waals surface area (Å²) in [5.41, 5.74) is 11.5. The van der Waals surface area contributed by atoms with E-state index in [1.807, 2.05) is 6.92 Å². The standard InChI is InChI=1S/C9H20N2/c1-8(9(2,10)11)6-4-3-5-7-8/h3-7,10-11H2,1-2H3. The summed E-state index contributed by atoms with van der Waals surface area (Å²) in [4.78, 5) is 0. The molecule has 2 nitrogen and oxygen atoms in total. The minimum absolute atomic E-state index is 0.172. The maximum absolute atomic E-state index is 5.92. The van der Waals surface area contributed by atoms with Gasteiger partial charge in [0.15, 0.2) is 0 Å². The Labute approximate surface area is 69.3 Å². The number of nitrogens with two attached hydrogens (primary N) is 2. The van der Waals surface area contributed by atoms with Crippen LogP contribution < -0.4 is 11.5 Å². The molecule has 0 aromatic rings. The molecular weight excluding hydrogens is 136 g/mol. The van der Waals surface area contributed by atoms with Crippen LogP contribution in [-0.2, 0) is 0 Å². The van der Waals surface area contributed by atoms with Gasteiger partial charge in [-0.1, -0.05) is 26.2 Å². The third-order valence-electron chi connectivity index (χ3n) is 3.26. The van der Waals surface area contributed by atoms with Crippen molar-refractivity contribution in [2.75, 3.05) is 0 Å². The lowest BCUT2D eigenvalue weighted by molar-refractivity contribution is 0.104. The minimum Gasteiger partial charge on any atom is -0.313 e. The van der Waals surface area contributed by atoms with Crippen LogP contribution >= 0.6 is 0 Å². The Kier molecular flexibility index (Phi) is 2.26. The Bertz CT molecular complexity index is 129. The predicted octanol–water partition coefficient (Wildman–Crippen LogP) is 1.59. The summed E-state index contributed by atoms with van der Waals surface area (Å²) in [5, 5.41) is 0. The van der Waals surface area contributed by atoms with E-state index in [-0.39, 0.29) is 5.41 Å². The molecule has 0 spiro atoms. The highest BCUT2D eigenvalue weighted by atomic mass is 15.0. The molecule has 0 radical (unpaired) electrons. The Balaban J connectivity index is 2.64. The summed E-state index contributed by atoms with van der Waals surface area (Å²) in [6.45, 7) is 4.16. The zero-order valence-corrected chi connectivity index (χ0v) is 7.69. The Morgan fingerprint density at radius 2 is 1.55 bits per heavy atom. The zero-order chi connectivity index (χ0) is 8.54. The quantitative estimate of drug-likeness (QED) is 0.566. The normalized spacial score (nSPS) is 25.1. The van der Waals surface area contributed by atoms with Crippen LogP contribution in [0, 0.1) is 5.41 Å². The van der Waals surface area contributed by atoms with Crippen molar-refractivity contribution >= 4 is 0 Å². The maximum atomic E-state index is 5.92. The molecule has 0 bridgehead atoms. The molecule has 11 heavy (non-hydrogen) atoms. The highest BCUT2D eigenvalue weighted by Crippen LogP contribution is 2.40. The number of hydrogen-bond acceptors (Lipinski definition) is 2. The molecule has 4 N–H and O–H groups in total. The molecule has 1 aliphatic rings. The average Bonchev–Trinajstić information content (AvgIpc) is 1.87. The summed E-state index contributed by atoms with van der Waals surface area (Å²) in [6, 6.07) is 0. The maximum Gasteiger partial charge on any atom is 0.0662 e. The Morgan fingerprint density at radius 3 is 1.82 bits per heavy atom. The summed E-state index contributed by atoms with van der Waals surface area (Å²) in [7, 11) is 0. The second kappa shape index (κ2) is 2.76. The molecule has 2 heteroatoms. The van der Waals surface area contributed by atoms with Gasteiger partial charge in [-0.15, -0.1) is 0 Å². The second-order valence-corrected chi connectivity index (χ2v) is 4.40. The fraction of sp³-hybridized carbons (Fsp3) is 1.00. The SMILES string of the molecule is CC(N)(N)C1(C)CCCCC1. The largest absolute Gasteiger partial charge is 0.313 e. The van der Waals surface area contributed by atoms with Gasteiger partial charge in [0, 0.05) is 0 Å². The summed E-state index contributed by atoms with van der Waals surface area (Å²) in [6.07, 6.45) is 6.32. The van der Waals surface area contributed by atoms with Gasteiger partial charge in [0.1, 0.15) is 0 Å². The van der Waals surface area contributed by atoms with Crippen LogP contribution in [0.3, 0.4) is 0 Å². The van der Waals surface area contributed by atoms with E-state index >= 15 is 0 Å². The molecule has 0 aliphatic heterocycles. The molecule has 1 aliphatic carbocycles. The van der Waals surface area contributed by atoms with Crippen molar-refractivity contribution in [3.05, 3.63) is 0 Å². The van der Waals surface area contributed by atoms with Crippen LogP contribution in [0.15, 0.2) is 0 Å². The summed E-state index contributed by atoms with van der Waals surface area (Å²) < 4.78 is 0. The Morgan fingerprint density at radius 1 is 1.09 bits per heavy atom. The van der Waals surface area contributed by atoms with Gasteiger partial charge in [-0.2, -0.15) is 0 Å².